The Bertz CT molecular complexity index is 480. The van der Waals surface area contributed by atoms with Crippen LogP contribution in [0, 0.1) is 0 Å². The summed E-state index contributed by atoms with van der Waals surface area (Å²) in [7, 11) is 0. The third-order valence-electron chi connectivity index (χ3n) is 3.21. The van der Waals surface area contributed by atoms with Crippen LogP contribution in [0.2, 0.25) is 10.0 Å². The third kappa shape index (κ3) is 3.02. The van der Waals surface area contributed by atoms with Gasteiger partial charge in [-0.1, -0.05) is 36.2 Å². The first-order valence-electron chi connectivity index (χ1n) is 6.07. The van der Waals surface area contributed by atoms with Crippen molar-refractivity contribution in [2.24, 2.45) is 0 Å². The van der Waals surface area contributed by atoms with Crippen LogP contribution >= 0.6 is 35.0 Å². The lowest BCUT2D eigenvalue weighted by Crippen LogP contribution is -2.40. The summed E-state index contributed by atoms with van der Waals surface area (Å²) >= 11 is 13.6. The van der Waals surface area contributed by atoms with Gasteiger partial charge < -0.3 is 10.0 Å². The average molecular weight is 320 g/mol. The highest BCUT2D eigenvalue weighted by Crippen LogP contribution is 2.43. The molecule has 2 unspecified atom stereocenters. The van der Waals surface area contributed by atoms with Crippen molar-refractivity contribution in [1.82, 2.24) is 4.90 Å². The number of carbonyl (C=O) groups excluding carboxylic acids is 1. The van der Waals surface area contributed by atoms with Gasteiger partial charge in [-0.05, 0) is 18.6 Å². The molecule has 1 aromatic carbocycles. The quantitative estimate of drug-likeness (QED) is 0.925. The van der Waals surface area contributed by atoms with Crippen molar-refractivity contribution in [3.8, 4) is 0 Å². The average Bonchev–Trinajstić information content (AvgIpc) is 2.74. The molecule has 1 amide bonds. The number of amides is 1. The van der Waals surface area contributed by atoms with Gasteiger partial charge in [-0.25, -0.2) is 0 Å². The van der Waals surface area contributed by atoms with Gasteiger partial charge in [-0.3, -0.25) is 4.79 Å². The SMILES string of the molecule is CCC(CO)N1C(=O)CSC1c1ccc(Cl)cc1Cl. The number of halogens is 2. The highest BCUT2D eigenvalue weighted by atomic mass is 35.5. The molecule has 1 aromatic rings. The van der Waals surface area contributed by atoms with Crippen LogP contribution in [-0.4, -0.2) is 34.3 Å². The number of aliphatic hydroxyl groups excluding tert-OH is 1. The number of thioether (sulfide) groups is 1. The number of aliphatic hydroxyl groups is 1. The largest absolute Gasteiger partial charge is 0.394 e. The molecule has 1 aliphatic heterocycles. The van der Waals surface area contributed by atoms with Crippen molar-refractivity contribution in [3.05, 3.63) is 33.8 Å². The first-order valence-corrected chi connectivity index (χ1v) is 7.87. The highest BCUT2D eigenvalue weighted by molar-refractivity contribution is 8.00. The summed E-state index contributed by atoms with van der Waals surface area (Å²) in [5.74, 6) is 0.460. The summed E-state index contributed by atoms with van der Waals surface area (Å²) in [4.78, 5) is 13.8. The standard InChI is InChI=1S/C13H15Cl2NO2S/c1-2-9(6-17)16-12(18)7-19-13(16)10-4-3-8(14)5-11(10)15/h3-5,9,13,17H,2,6-7H2,1H3. The van der Waals surface area contributed by atoms with Crippen molar-refractivity contribution in [2.45, 2.75) is 24.8 Å². The van der Waals surface area contributed by atoms with E-state index in [2.05, 4.69) is 0 Å². The predicted octanol–water partition coefficient (Wildman–Crippen LogP) is 3.34. The first kappa shape index (κ1) is 15.0. The van der Waals surface area contributed by atoms with Crippen LogP contribution in [-0.2, 0) is 4.79 Å². The van der Waals surface area contributed by atoms with E-state index in [1.807, 2.05) is 13.0 Å². The van der Waals surface area contributed by atoms with E-state index in [0.717, 1.165) is 5.56 Å². The summed E-state index contributed by atoms with van der Waals surface area (Å²) in [5.41, 5.74) is 0.869. The molecule has 0 radical (unpaired) electrons. The summed E-state index contributed by atoms with van der Waals surface area (Å²) < 4.78 is 0. The van der Waals surface area contributed by atoms with Gasteiger partial charge in [0.25, 0.3) is 0 Å². The highest BCUT2D eigenvalue weighted by Gasteiger charge is 2.37. The molecule has 1 N–H and O–H groups in total. The number of benzene rings is 1. The topological polar surface area (TPSA) is 40.5 Å². The van der Waals surface area contributed by atoms with Crippen molar-refractivity contribution in [1.29, 1.82) is 0 Å². The van der Waals surface area contributed by atoms with Gasteiger partial charge in [0, 0.05) is 15.6 Å². The van der Waals surface area contributed by atoms with Crippen molar-refractivity contribution >= 4 is 40.9 Å². The number of carbonyl (C=O) groups is 1. The Balaban J connectivity index is 2.34. The first-order chi connectivity index (χ1) is 9.08. The van der Waals surface area contributed by atoms with Gasteiger partial charge in [0.05, 0.1) is 18.4 Å². The van der Waals surface area contributed by atoms with Crippen LogP contribution in [0.1, 0.15) is 24.3 Å². The minimum absolute atomic E-state index is 0.0372. The molecular weight excluding hydrogens is 305 g/mol. The molecule has 6 heteroatoms. The van der Waals surface area contributed by atoms with Crippen LogP contribution in [0.3, 0.4) is 0 Å². The second-order valence-corrected chi connectivity index (χ2v) is 6.29. The fourth-order valence-corrected chi connectivity index (χ4v) is 4.05. The smallest absolute Gasteiger partial charge is 0.234 e. The minimum atomic E-state index is -0.167. The minimum Gasteiger partial charge on any atom is -0.394 e. The number of hydrogen-bond donors (Lipinski definition) is 1. The lowest BCUT2D eigenvalue weighted by Gasteiger charge is -2.31. The Hall–Kier alpha value is -0.420. The number of hydrogen-bond acceptors (Lipinski definition) is 3. The van der Waals surface area contributed by atoms with Gasteiger partial charge in [-0.2, -0.15) is 0 Å². The second-order valence-electron chi connectivity index (χ2n) is 4.37. The zero-order valence-corrected chi connectivity index (χ0v) is 12.8. The van der Waals surface area contributed by atoms with Crippen molar-refractivity contribution in [3.63, 3.8) is 0 Å². The molecule has 104 valence electrons. The van der Waals surface area contributed by atoms with Gasteiger partial charge in [0.1, 0.15) is 5.37 Å². The molecule has 1 saturated heterocycles. The molecule has 0 aliphatic carbocycles. The molecule has 0 bridgehead atoms. The maximum absolute atomic E-state index is 12.0. The summed E-state index contributed by atoms with van der Waals surface area (Å²) in [6.07, 6.45) is 0.713. The van der Waals surface area contributed by atoms with E-state index in [0.29, 0.717) is 22.2 Å². The molecule has 0 spiro atoms. The molecule has 0 aromatic heterocycles. The zero-order valence-electron chi connectivity index (χ0n) is 10.5. The molecular formula is C13H15Cl2NO2S. The van der Waals surface area contributed by atoms with E-state index in [-0.39, 0.29) is 23.9 Å². The van der Waals surface area contributed by atoms with E-state index in [1.54, 1.807) is 17.0 Å². The second kappa shape index (κ2) is 6.35. The predicted molar refractivity (Wildman–Crippen MR) is 79.7 cm³/mol. The summed E-state index contributed by atoms with van der Waals surface area (Å²) in [6, 6.07) is 5.13. The van der Waals surface area contributed by atoms with E-state index < -0.39 is 0 Å². The molecule has 3 nitrogen and oxygen atoms in total. The third-order valence-corrected chi connectivity index (χ3v) is 4.98. The molecule has 1 aliphatic rings. The number of nitrogens with zero attached hydrogens (tertiary/aromatic N) is 1. The van der Waals surface area contributed by atoms with Crippen LogP contribution in [0.4, 0.5) is 0 Å². The Morgan fingerprint density at radius 1 is 1.53 bits per heavy atom. The Kier molecular flexibility index (Phi) is 5.01. The Morgan fingerprint density at radius 2 is 2.26 bits per heavy atom. The lowest BCUT2D eigenvalue weighted by molar-refractivity contribution is -0.131. The van der Waals surface area contributed by atoms with E-state index in [4.69, 9.17) is 23.2 Å². The van der Waals surface area contributed by atoms with Gasteiger partial charge in [-0.15, -0.1) is 11.8 Å². The Morgan fingerprint density at radius 3 is 2.84 bits per heavy atom. The van der Waals surface area contributed by atoms with Crippen molar-refractivity contribution in [2.75, 3.05) is 12.4 Å². The van der Waals surface area contributed by atoms with Crippen LogP contribution in [0.5, 0.6) is 0 Å². The molecule has 2 atom stereocenters. The van der Waals surface area contributed by atoms with Crippen LogP contribution in [0.25, 0.3) is 0 Å². The molecule has 1 heterocycles. The summed E-state index contributed by atoms with van der Waals surface area (Å²) in [5, 5.41) is 10.4. The fraction of sp³-hybridized carbons (Fsp3) is 0.462. The zero-order chi connectivity index (χ0) is 14.0. The maximum Gasteiger partial charge on any atom is 0.234 e. The molecule has 0 saturated carbocycles. The molecule has 2 rings (SSSR count). The fourth-order valence-electron chi connectivity index (χ4n) is 2.19. The van der Waals surface area contributed by atoms with Crippen LogP contribution < -0.4 is 0 Å². The monoisotopic (exact) mass is 319 g/mol. The normalized spacial score (nSPS) is 20.9. The van der Waals surface area contributed by atoms with Gasteiger partial charge >= 0.3 is 0 Å². The molecule has 19 heavy (non-hydrogen) atoms. The van der Waals surface area contributed by atoms with Crippen molar-refractivity contribution < 1.29 is 9.90 Å². The van der Waals surface area contributed by atoms with Crippen LogP contribution in [0.15, 0.2) is 18.2 Å². The number of rotatable bonds is 4. The van der Waals surface area contributed by atoms with Gasteiger partial charge in [0.15, 0.2) is 0 Å². The summed E-state index contributed by atoms with van der Waals surface area (Å²) in [6.45, 7) is 1.92. The van der Waals surface area contributed by atoms with E-state index in [9.17, 15) is 9.90 Å². The van der Waals surface area contributed by atoms with E-state index >= 15 is 0 Å². The maximum atomic E-state index is 12.0. The lowest BCUT2D eigenvalue weighted by atomic mass is 10.1. The van der Waals surface area contributed by atoms with Gasteiger partial charge in [0.2, 0.25) is 5.91 Å². The Labute approximate surface area is 126 Å². The van der Waals surface area contributed by atoms with E-state index in [1.165, 1.54) is 11.8 Å². The molecule has 1 fully saturated rings.